The number of hydrogen-bond acceptors (Lipinski definition) is 5. The molecule has 1 aliphatic heterocycles. The van der Waals surface area contributed by atoms with Gasteiger partial charge in [-0.05, 0) is 38.4 Å². The summed E-state index contributed by atoms with van der Waals surface area (Å²) in [6, 6.07) is 0. The number of unbranched alkanes of at least 4 members (excludes halogenated alkanes) is 1. The summed E-state index contributed by atoms with van der Waals surface area (Å²) in [4.78, 5) is 13.8. The average molecular weight is 298 g/mol. The molecule has 0 aliphatic carbocycles. The fourth-order valence-electron chi connectivity index (χ4n) is 3.01. The Morgan fingerprint density at radius 1 is 1.38 bits per heavy atom. The lowest BCUT2D eigenvalue weighted by atomic mass is 9.74. The molecule has 0 aromatic carbocycles. The molecule has 0 aromatic rings. The second-order valence-corrected chi connectivity index (χ2v) is 6.07. The number of carboxylic acid groups (broad SMARTS) is 1. The minimum Gasteiger partial charge on any atom is -0.480 e. The zero-order valence-electron chi connectivity index (χ0n) is 12.8. The molecule has 1 aliphatic rings. The molecule has 120 valence electrons. The van der Waals surface area contributed by atoms with Crippen molar-refractivity contribution in [1.82, 2.24) is 4.90 Å². The highest BCUT2D eigenvalue weighted by molar-refractivity contribution is 6.40. The van der Waals surface area contributed by atoms with E-state index in [2.05, 4.69) is 11.5 Å². The largest absolute Gasteiger partial charge is 0.480 e. The maximum Gasteiger partial charge on any atom is 0.451 e. The lowest BCUT2D eigenvalue weighted by molar-refractivity contribution is -0.146. The zero-order valence-corrected chi connectivity index (χ0v) is 12.8. The molecule has 1 rings (SSSR count). The molecule has 1 unspecified atom stereocenters. The van der Waals surface area contributed by atoms with Crippen molar-refractivity contribution in [2.24, 2.45) is 11.7 Å². The summed E-state index contributed by atoms with van der Waals surface area (Å²) in [5, 5.41) is 27.1. The van der Waals surface area contributed by atoms with Gasteiger partial charge in [-0.1, -0.05) is 19.4 Å². The van der Waals surface area contributed by atoms with E-state index in [1.165, 1.54) is 0 Å². The van der Waals surface area contributed by atoms with Crippen molar-refractivity contribution in [2.45, 2.75) is 50.9 Å². The topological polar surface area (TPSA) is 107 Å². The van der Waals surface area contributed by atoms with Crippen LogP contribution in [0, 0.1) is 5.92 Å². The van der Waals surface area contributed by atoms with Gasteiger partial charge in [0.15, 0.2) is 0 Å². The number of hydrogen-bond donors (Lipinski definition) is 4. The maximum atomic E-state index is 11.6. The summed E-state index contributed by atoms with van der Waals surface area (Å²) in [6.07, 6.45) is 3.27. The molecule has 1 fully saturated rings. The highest BCUT2D eigenvalue weighted by Gasteiger charge is 2.42. The Bertz CT molecular complexity index is 370. The van der Waals surface area contributed by atoms with E-state index < -0.39 is 18.6 Å². The summed E-state index contributed by atoms with van der Waals surface area (Å²) < 4.78 is 0. The molecule has 21 heavy (non-hydrogen) atoms. The molecule has 1 atom stereocenters. The van der Waals surface area contributed by atoms with E-state index in [1.807, 2.05) is 6.92 Å². The van der Waals surface area contributed by atoms with Gasteiger partial charge < -0.3 is 25.8 Å². The number of allylic oxidation sites excluding steroid dienone is 1. The van der Waals surface area contributed by atoms with E-state index in [0.717, 1.165) is 31.6 Å². The molecule has 7 heteroatoms. The number of carbonyl (C=O) groups is 1. The average Bonchev–Trinajstić information content (AvgIpc) is 2.43. The number of likely N-dealkylation sites (tertiary alicyclic amines) is 1. The monoisotopic (exact) mass is 298 g/mol. The second-order valence-electron chi connectivity index (χ2n) is 6.07. The molecule has 0 saturated carbocycles. The molecule has 0 amide bonds. The SMILES string of the molecule is C=C(C)N1CCC(C(N)(CCCCB(O)O)C(=O)O)CC1. The van der Waals surface area contributed by atoms with Gasteiger partial charge in [-0.3, -0.25) is 4.79 Å². The van der Waals surface area contributed by atoms with Gasteiger partial charge >= 0.3 is 13.1 Å². The Balaban J connectivity index is 2.56. The Labute approximate surface area is 126 Å². The van der Waals surface area contributed by atoms with E-state index in [0.29, 0.717) is 19.3 Å². The van der Waals surface area contributed by atoms with Crippen LogP contribution in [0.15, 0.2) is 12.3 Å². The predicted molar refractivity (Wildman–Crippen MR) is 82.5 cm³/mol. The minimum absolute atomic E-state index is 0.0513. The van der Waals surface area contributed by atoms with Crippen LogP contribution in [-0.4, -0.2) is 51.8 Å². The summed E-state index contributed by atoms with van der Waals surface area (Å²) >= 11 is 0. The van der Waals surface area contributed by atoms with Gasteiger partial charge in [-0.25, -0.2) is 0 Å². The molecular weight excluding hydrogens is 271 g/mol. The standard InChI is InChI=1S/C14H27BN2O4/c1-11(2)17-9-5-12(6-10-17)14(16,13(18)19)7-3-4-8-15(20)21/h12,20-21H,1,3-10,16H2,2H3,(H,18,19). The van der Waals surface area contributed by atoms with Crippen molar-refractivity contribution >= 4 is 13.1 Å². The van der Waals surface area contributed by atoms with Gasteiger partial charge in [-0.2, -0.15) is 0 Å². The van der Waals surface area contributed by atoms with Crippen LogP contribution >= 0.6 is 0 Å². The summed E-state index contributed by atoms with van der Waals surface area (Å²) in [5.41, 5.74) is 5.97. The third kappa shape index (κ3) is 5.02. The summed E-state index contributed by atoms with van der Waals surface area (Å²) in [7, 11) is -1.33. The van der Waals surface area contributed by atoms with Crippen LogP contribution in [0.1, 0.15) is 39.0 Å². The fraction of sp³-hybridized carbons (Fsp3) is 0.786. The Morgan fingerprint density at radius 2 is 1.95 bits per heavy atom. The molecule has 1 heterocycles. The molecule has 0 aromatic heterocycles. The Kier molecular flexibility index (Phi) is 6.70. The normalized spacial score (nSPS) is 19.1. The number of nitrogens with two attached hydrogens (primary N) is 1. The van der Waals surface area contributed by atoms with Gasteiger partial charge in [0.1, 0.15) is 5.54 Å². The van der Waals surface area contributed by atoms with Crippen molar-refractivity contribution < 1.29 is 19.9 Å². The van der Waals surface area contributed by atoms with E-state index >= 15 is 0 Å². The number of aliphatic carboxylic acids is 1. The first-order chi connectivity index (χ1) is 9.77. The van der Waals surface area contributed by atoms with Crippen LogP contribution in [-0.2, 0) is 4.79 Å². The summed E-state index contributed by atoms with van der Waals surface area (Å²) in [5.74, 6) is -1.01. The Hall–Kier alpha value is -1.05. The third-order valence-electron chi connectivity index (χ3n) is 4.46. The Morgan fingerprint density at radius 3 is 2.38 bits per heavy atom. The minimum atomic E-state index is -1.33. The highest BCUT2D eigenvalue weighted by Crippen LogP contribution is 2.32. The van der Waals surface area contributed by atoms with E-state index in [4.69, 9.17) is 15.8 Å². The maximum absolute atomic E-state index is 11.6. The first-order valence-corrected chi connectivity index (χ1v) is 7.56. The van der Waals surface area contributed by atoms with Crippen LogP contribution in [0.2, 0.25) is 6.32 Å². The van der Waals surface area contributed by atoms with E-state index in [1.54, 1.807) is 0 Å². The molecule has 6 nitrogen and oxygen atoms in total. The molecular formula is C14H27BN2O4. The molecule has 0 radical (unpaired) electrons. The van der Waals surface area contributed by atoms with Crippen molar-refractivity contribution in [3.63, 3.8) is 0 Å². The van der Waals surface area contributed by atoms with Gasteiger partial charge in [-0.15, -0.1) is 0 Å². The number of piperidine rings is 1. The lowest BCUT2D eigenvalue weighted by Gasteiger charge is -2.41. The number of carboxylic acids is 1. The van der Waals surface area contributed by atoms with Gasteiger partial charge in [0.2, 0.25) is 0 Å². The smallest absolute Gasteiger partial charge is 0.451 e. The molecule has 0 bridgehead atoms. The van der Waals surface area contributed by atoms with Crippen LogP contribution in [0.3, 0.4) is 0 Å². The van der Waals surface area contributed by atoms with Gasteiger partial charge in [0.05, 0.1) is 0 Å². The lowest BCUT2D eigenvalue weighted by Crippen LogP contribution is -2.56. The quantitative estimate of drug-likeness (QED) is 0.387. The van der Waals surface area contributed by atoms with E-state index in [9.17, 15) is 9.90 Å². The van der Waals surface area contributed by atoms with Crippen LogP contribution in [0.25, 0.3) is 0 Å². The number of rotatable bonds is 8. The summed E-state index contributed by atoms with van der Waals surface area (Å²) in [6.45, 7) is 7.45. The third-order valence-corrected chi connectivity index (χ3v) is 4.46. The predicted octanol–water partition coefficient (Wildman–Crippen LogP) is 0.657. The van der Waals surface area contributed by atoms with Crippen molar-refractivity contribution in [3.8, 4) is 0 Å². The first kappa shape index (κ1) is 18.0. The second kappa shape index (κ2) is 7.82. The van der Waals surface area contributed by atoms with Gasteiger partial charge in [0.25, 0.3) is 0 Å². The van der Waals surface area contributed by atoms with Crippen LogP contribution < -0.4 is 5.73 Å². The fourth-order valence-corrected chi connectivity index (χ4v) is 3.01. The number of nitrogens with zero attached hydrogens (tertiary/aromatic N) is 1. The first-order valence-electron chi connectivity index (χ1n) is 7.56. The highest BCUT2D eigenvalue weighted by atomic mass is 16.4. The van der Waals surface area contributed by atoms with Crippen LogP contribution in [0.4, 0.5) is 0 Å². The van der Waals surface area contributed by atoms with Crippen LogP contribution in [0.5, 0.6) is 0 Å². The molecule has 0 spiro atoms. The van der Waals surface area contributed by atoms with Crippen molar-refractivity contribution in [1.29, 1.82) is 0 Å². The van der Waals surface area contributed by atoms with E-state index in [-0.39, 0.29) is 12.2 Å². The molecule has 1 saturated heterocycles. The van der Waals surface area contributed by atoms with Crippen molar-refractivity contribution in [3.05, 3.63) is 12.3 Å². The zero-order chi connectivity index (χ0) is 16.0. The van der Waals surface area contributed by atoms with Gasteiger partial charge in [0, 0.05) is 18.8 Å². The van der Waals surface area contributed by atoms with Crippen molar-refractivity contribution in [2.75, 3.05) is 13.1 Å². The molecule has 5 N–H and O–H groups in total.